The normalized spacial score (nSPS) is 15.7. The van der Waals surface area contributed by atoms with Crippen LogP contribution in [0.2, 0.25) is 0 Å². The van der Waals surface area contributed by atoms with Crippen molar-refractivity contribution >= 4 is 23.2 Å². The van der Waals surface area contributed by atoms with E-state index in [1.807, 2.05) is 30.3 Å². The SMILES string of the molecule is COc1cc(N2CCN(C)CC2)ccc1Nc1ncc(CF)c(Oc2cccc3c2C(=O)N(C)C3)n1. The summed E-state index contributed by atoms with van der Waals surface area (Å²) < 4.78 is 25.3. The highest BCUT2D eigenvalue weighted by molar-refractivity contribution is 6.00. The van der Waals surface area contributed by atoms with Gasteiger partial charge in [-0.25, -0.2) is 9.37 Å². The highest BCUT2D eigenvalue weighted by Crippen LogP contribution is 2.35. The topological polar surface area (TPSA) is 83.1 Å². The summed E-state index contributed by atoms with van der Waals surface area (Å²) in [6, 6.07) is 11.3. The van der Waals surface area contributed by atoms with Gasteiger partial charge in [0.2, 0.25) is 11.8 Å². The van der Waals surface area contributed by atoms with E-state index in [9.17, 15) is 9.18 Å². The third-order valence-electron chi connectivity index (χ3n) is 6.56. The summed E-state index contributed by atoms with van der Waals surface area (Å²) in [5.74, 6) is 1.12. The molecule has 1 saturated heterocycles. The Morgan fingerprint density at radius 1 is 1.08 bits per heavy atom. The molecule has 0 spiro atoms. The molecule has 3 aromatic rings. The van der Waals surface area contributed by atoms with E-state index in [0.29, 0.717) is 29.3 Å². The number of carbonyl (C=O) groups excluding carboxylic acids is 1. The van der Waals surface area contributed by atoms with Gasteiger partial charge in [0.05, 0.1) is 23.9 Å². The number of piperazine rings is 1. The van der Waals surface area contributed by atoms with Crippen molar-refractivity contribution in [3.05, 3.63) is 59.3 Å². The number of halogens is 1. The standard InChI is InChI=1S/C26H29FN6O3/c1-31-9-11-33(12-10-31)19-7-8-20(22(13-19)35-3)29-26-28-15-18(14-27)24(30-26)36-21-6-4-5-17-16-32(2)25(34)23(17)21/h4-8,13,15H,9-12,14,16H2,1-3H3,(H,28,29,30). The molecular weight excluding hydrogens is 463 g/mol. The van der Waals surface area contributed by atoms with Gasteiger partial charge in [0.25, 0.3) is 5.91 Å². The molecule has 0 saturated carbocycles. The smallest absolute Gasteiger partial charge is 0.258 e. The van der Waals surface area contributed by atoms with Gasteiger partial charge in [-0.15, -0.1) is 0 Å². The van der Waals surface area contributed by atoms with Crippen molar-refractivity contribution in [3.63, 3.8) is 0 Å². The number of nitrogens with one attached hydrogen (secondary N) is 1. The lowest BCUT2D eigenvalue weighted by molar-refractivity contribution is 0.0814. The van der Waals surface area contributed by atoms with Gasteiger partial charge in [-0.05, 0) is 30.8 Å². The lowest BCUT2D eigenvalue weighted by Crippen LogP contribution is -2.44. The van der Waals surface area contributed by atoms with Crippen LogP contribution in [0.3, 0.4) is 0 Å². The number of anilines is 3. The van der Waals surface area contributed by atoms with Crippen molar-refractivity contribution in [1.29, 1.82) is 0 Å². The van der Waals surface area contributed by atoms with Gasteiger partial charge in [-0.1, -0.05) is 12.1 Å². The van der Waals surface area contributed by atoms with Gasteiger partial charge in [0.1, 0.15) is 18.2 Å². The fraction of sp³-hybridized carbons (Fsp3) is 0.346. The van der Waals surface area contributed by atoms with Gasteiger partial charge in [0.15, 0.2) is 0 Å². The van der Waals surface area contributed by atoms with Crippen molar-refractivity contribution in [2.24, 2.45) is 0 Å². The van der Waals surface area contributed by atoms with Crippen LogP contribution in [-0.4, -0.2) is 73.1 Å². The van der Waals surface area contributed by atoms with Gasteiger partial charge < -0.3 is 29.5 Å². The molecule has 2 aliphatic heterocycles. The van der Waals surface area contributed by atoms with Gasteiger partial charge in [0, 0.05) is 57.7 Å². The average Bonchev–Trinajstić information content (AvgIpc) is 3.19. The van der Waals surface area contributed by atoms with Crippen LogP contribution in [0.5, 0.6) is 17.4 Å². The summed E-state index contributed by atoms with van der Waals surface area (Å²) in [6.07, 6.45) is 1.38. The minimum Gasteiger partial charge on any atom is -0.494 e. The lowest BCUT2D eigenvalue weighted by atomic mass is 10.1. The summed E-state index contributed by atoms with van der Waals surface area (Å²) in [7, 11) is 5.46. The summed E-state index contributed by atoms with van der Waals surface area (Å²) in [4.78, 5) is 27.5. The van der Waals surface area contributed by atoms with Crippen molar-refractivity contribution in [2.75, 3.05) is 57.6 Å². The van der Waals surface area contributed by atoms with Crippen LogP contribution < -0.4 is 19.7 Å². The molecule has 1 N–H and O–H groups in total. The Labute approximate surface area is 209 Å². The predicted octanol–water partition coefficient (Wildman–Crippen LogP) is 3.83. The molecule has 0 aliphatic carbocycles. The number of likely N-dealkylation sites (N-methyl/N-ethyl adjacent to an activating group) is 1. The molecule has 3 heterocycles. The molecular formula is C26H29FN6O3. The fourth-order valence-corrected chi connectivity index (χ4v) is 4.45. The molecule has 2 aliphatic rings. The predicted molar refractivity (Wildman–Crippen MR) is 135 cm³/mol. The van der Waals surface area contributed by atoms with E-state index in [4.69, 9.17) is 9.47 Å². The molecule has 0 bridgehead atoms. The van der Waals surface area contributed by atoms with Crippen molar-refractivity contribution in [3.8, 4) is 17.4 Å². The minimum absolute atomic E-state index is 0.0544. The van der Waals surface area contributed by atoms with E-state index < -0.39 is 6.67 Å². The Morgan fingerprint density at radius 3 is 2.64 bits per heavy atom. The van der Waals surface area contributed by atoms with E-state index in [-0.39, 0.29) is 23.3 Å². The summed E-state index contributed by atoms with van der Waals surface area (Å²) in [5.41, 5.74) is 3.27. The zero-order valence-corrected chi connectivity index (χ0v) is 20.6. The molecule has 2 aromatic carbocycles. The monoisotopic (exact) mass is 492 g/mol. The number of fused-ring (bicyclic) bond motifs is 1. The second-order valence-electron chi connectivity index (χ2n) is 9.01. The first-order valence-electron chi connectivity index (χ1n) is 11.8. The van der Waals surface area contributed by atoms with E-state index in [1.54, 1.807) is 25.1 Å². The molecule has 0 radical (unpaired) electrons. The molecule has 5 rings (SSSR count). The molecule has 188 valence electrons. The van der Waals surface area contributed by atoms with Crippen molar-refractivity contribution < 1.29 is 18.7 Å². The Hall–Kier alpha value is -3.92. The molecule has 0 atom stereocenters. The van der Waals surface area contributed by atoms with Gasteiger partial charge in [-0.2, -0.15) is 4.98 Å². The summed E-state index contributed by atoms with van der Waals surface area (Å²) in [5, 5.41) is 3.15. The van der Waals surface area contributed by atoms with Crippen LogP contribution in [-0.2, 0) is 13.2 Å². The van der Waals surface area contributed by atoms with Crippen LogP contribution >= 0.6 is 0 Å². The van der Waals surface area contributed by atoms with Crippen molar-refractivity contribution in [2.45, 2.75) is 13.2 Å². The number of alkyl halides is 1. The zero-order chi connectivity index (χ0) is 25.2. The van der Waals surface area contributed by atoms with Crippen LogP contribution in [0.1, 0.15) is 21.5 Å². The summed E-state index contributed by atoms with van der Waals surface area (Å²) >= 11 is 0. The maximum atomic E-state index is 13.7. The number of hydrogen-bond donors (Lipinski definition) is 1. The first kappa shape index (κ1) is 23.8. The highest BCUT2D eigenvalue weighted by Gasteiger charge is 2.29. The lowest BCUT2D eigenvalue weighted by Gasteiger charge is -2.34. The molecule has 0 unspecified atom stereocenters. The van der Waals surface area contributed by atoms with Gasteiger partial charge >= 0.3 is 0 Å². The number of hydrogen-bond acceptors (Lipinski definition) is 8. The maximum Gasteiger partial charge on any atom is 0.258 e. The van der Waals surface area contributed by atoms with E-state index in [1.165, 1.54) is 6.20 Å². The first-order valence-corrected chi connectivity index (χ1v) is 11.8. The number of nitrogens with zero attached hydrogens (tertiary/aromatic N) is 5. The van der Waals surface area contributed by atoms with Gasteiger partial charge in [-0.3, -0.25) is 4.79 Å². The summed E-state index contributed by atoms with van der Waals surface area (Å²) in [6.45, 7) is 3.60. The van der Waals surface area contributed by atoms with Crippen LogP contribution in [0.15, 0.2) is 42.6 Å². The molecule has 36 heavy (non-hydrogen) atoms. The Balaban J connectivity index is 1.40. The second kappa shape index (κ2) is 9.98. The number of ether oxygens (including phenoxy) is 2. The first-order chi connectivity index (χ1) is 17.5. The van der Waals surface area contributed by atoms with Crippen LogP contribution in [0.4, 0.5) is 21.7 Å². The van der Waals surface area contributed by atoms with E-state index >= 15 is 0 Å². The molecule has 1 amide bonds. The Kier molecular flexibility index (Phi) is 6.60. The quantitative estimate of drug-likeness (QED) is 0.533. The molecule has 10 heteroatoms. The number of rotatable bonds is 7. The third-order valence-corrected chi connectivity index (χ3v) is 6.56. The average molecular weight is 493 g/mol. The third kappa shape index (κ3) is 4.64. The Bertz CT molecular complexity index is 1280. The minimum atomic E-state index is -0.804. The highest BCUT2D eigenvalue weighted by atomic mass is 19.1. The Morgan fingerprint density at radius 2 is 1.89 bits per heavy atom. The number of benzene rings is 2. The number of methoxy groups -OCH3 is 1. The second-order valence-corrected chi connectivity index (χ2v) is 9.01. The maximum absolute atomic E-state index is 13.7. The fourth-order valence-electron chi connectivity index (χ4n) is 4.45. The number of aromatic nitrogens is 2. The van der Waals surface area contributed by atoms with Crippen molar-refractivity contribution in [1.82, 2.24) is 19.8 Å². The molecule has 1 aromatic heterocycles. The molecule has 1 fully saturated rings. The number of amides is 1. The van der Waals surface area contributed by atoms with Crippen LogP contribution in [0.25, 0.3) is 0 Å². The number of carbonyl (C=O) groups is 1. The van der Waals surface area contributed by atoms with E-state index in [0.717, 1.165) is 37.4 Å². The largest absolute Gasteiger partial charge is 0.494 e. The van der Waals surface area contributed by atoms with E-state index in [2.05, 4.69) is 32.1 Å². The zero-order valence-electron chi connectivity index (χ0n) is 20.6. The van der Waals surface area contributed by atoms with Crippen LogP contribution in [0, 0.1) is 0 Å². The molecule has 9 nitrogen and oxygen atoms in total.